The fourth-order valence-corrected chi connectivity index (χ4v) is 2.62. The molecular weight excluding hydrogens is 320 g/mol. The van der Waals surface area contributed by atoms with E-state index in [-0.39, 0.29) is 31.6 Å². The Bertz CT molecular complexity index is 596. The number of methoxy groups -OCH3 is 1. The summed E-state index contributed by atoms with van der Waals surface area (Å²) in [5.74, 6) is -1.20. The third-order valence-electron chi connectivity index (χ3n) is 3.84. The summed E-state index contributed by atoms with van der Waals surface area (Å²) in [7, 11) is 1.15. The molecular formula is C17H19F2NO4. The van der Waals surface area contributed by atoms with Gasteiger partial charge in [0.2, 0.25) is 0 Å². The minimum absolute atomic E-state index is 0.00373. The summed E-state index contributed by atoms with van der Waals surface area (Å²) in [4.78, 5) is 27.1. The van der Waals surface area contributed by atoms with Crippen LogP contribution >= 0.6 is 0 Å². The first kappa shape index (κ1) is 18.0. The number of halogens is 2. The highest BCUT2D eigenvalue weighted by atomic mass is 19.2. The number of carbonyl (C=O) groups excluding carboxylic acids is 2. The molecule has 7 heteroatoms. The van der Waals surface area contributed by atoms with E-state index in [9.17, 15) is 18.4 Å². The first-order valence-electron chi connectivity index (χ1n) is 7.64. The second-order valence-electron chi connectivity index (χ2n) is 5.66. The van der Waals surface area contributed by atoms with Crippen molar-refractivity contribution in [1.29, 1.82) is 0 Å². The maximum Gasteiger partial charge on any atom is 0.434 e. The van der Waals surface area contributed by atoms with Gasteiger partial charge in [-0.3, -0.25) is 0 Å². The monoisotopic (exact) mass is 339 g/mol. The first-order valence-corrected chi connectivity index (χ1v) is 7.64. The minimum Gasteiger partial charge on any atom is -0.465 e. The highest BCUT2D eigenvalue weighted by Crippen LogP contribution is 2.33. The highest BCUT2D eigenvalue weighted by molar-refractivity contribution is 6.37. The van der Waals surface area contributed by atoms with Crippen LogP contribution in [0.1, 0.15) is 24.8 Å². The van der Waals surface area contributed by atoms with Crippen molar-refractivity contribution in [2.24, 2.45) is 10.9 Å². The zero-order valence-electron chi connectivity index (χ0n) is 13.3. The Morgan fingerprint density at radius 2 is 1.79 bits per heavy atom. The third kappa shape index (κ3) is 5.11. The van der Waals surface area contributed by atoms with Gasteiger partial charge in [-0.15, -0.1) is 0 Å². The van der Waals surface area contributed by atoms with Crippen molar-refractivity contribution in [2.45, 2.75) is 38.2 Å². The largest absolute Gasteiger partial charge is 0.465 e. The van der Waals surface area contributed by atoms with Crippen LogP contribution in [0.3, 0.4) is 0 Å². The topological polar surface area (TPSA) is 65.0 Å². The number of aliphatic imine (C=N–C) groups is 1. The Hall–Kier alpha value is -2.31. The Morgan fingerprint density at radius 3 is 2.38 bits per heavy atom. The fraction of sp³-hybridized carbons (Fsp3) is 0.471. The van der Waals surface area contributed by atoms with Crippen LogP contribution in [0.5, 0.6) is 0 Å². The van der Waals surface area contributed by atoms with Gasteiger partial charge in [-0.2, -0.15) is 4.99 Å². The Labute approximate surface area is 138 Å². The van der Waals surface area contributed by atoms with Crippen molar-refractivity contribution in [1.82, 2.24) is 0 Å². The number of rotatable bonds is 5. The summed E-state index contributed by atoms with van der Waals surface area (Å²) in [6, 6.07) is 8.98. The predicted octanol–water partition coefficient (Wildman–Crippen LogP) is 3.41. The number of carbonyl (C=O) groups is 2. The third-order valence-corrected chi connectivity index (χ3v) is 3.84. The average molecular weight is 339 g/mol. The molecule has 0 aliphatic heterocycles. The number of hydrogen-bond acceptors (Lipinski definition) is 4. The number of benzene rings is 1. The summed E-state index contributed by atoms with van der Waals surface area (Å²) >= 11 is 0. The number of amides is 1. The number of esters is 1. The van der Waals surface area contributed by atoms with Crippen molar-refractivity contribution >= 4 is 17.8 Å². The Kier molecular flexibility index (Phi) is 6.40. The molecule has 0 spiro atoms. The molecule has 0 saturated heterocycles. The van der Waals surface area contributed by atoms with Gasteiger partial charge >= 0.3 is 12.1 Å². The van der Waals surface area contributed by atoms with Crippen LogP contribution in [-0.4, -0.2) is 37.2 Å². The second-order valence-corrected chi connectivity index (χ2v) is 5.66. The quantitative estimate of drug-likeness (QED) is 0.609. The standard InChI is InChI=1S/C17H19F2NO4/c1-23-16(21)15(9-12-7-13(18)14(19)8-12)20-17(22)24-10-11-5-3-2-4-6-11/h2-6,12-14H,7-10H2,1H3/t12?,13-,14+. The molecule has 1 unspecified atom stereocenters. The number of alkyl halides is 2. The molecule has 1 amide bonds. The lowest BCUT2D eigenvalue weighted by molar-refractivity contribution is -0.132. The molecule has 1 aromatic rings. The second kappa shape index (κ2) is 8.52. The zero-order chi connectivity index (χ0) is 17.5. The van der Waals surface area contributed by atoms with Gasteiger partial charge < -0.3 is 9.47 Å². The lowest BCUT2D eigenvalue weighted by atomic mass is 10.0. The van der Waals surface area contributed by atoms with Gasteiger partial charge in [-0.25, -0.2) is 18.4 Å². The molecule has 24 heavy (non-hydrogen) atoms. The zero-order valence-corrected chi connectivity index (χ0v) is 13.3. The van der Waals surface area contributed by atoms with E-state index in [0.29, 0.717) is 0 Å². The molecule has 0 aromatic heterocycles. The minimum atomic E-state index is -1.54. The van der Waals surface area contributed by atoms with Crippen LogP contribution < -0.4 is 0 Å². The van der Waals surface area contributed by atoms with E-state index >= 15 is 0 Å². The average Bonchev–Trinajstić information content (AvgIpc) is 2.90. The van der Waals surface area contributed by atoms with Gasteiger partial charge in [0, 0.05) is 6.42 Å². The Morgan fingerprint density at radius 1 is 1.17 bits per heavy atom. The molecule has 5 nitrogen and oxygen atoms in total. The smallest absolute Gasteiger partial charge is 0.434 e. The van der Waals surface area contributed by atoms with E-state index in [4.69, 9.17) is 4.74 Å². The summed E-state index contributed by atoms with van der Waals surface area (Å²) in [5, 5.41) is 0. The molecule has 1 aromatic carbocycles. The van der Waals surface area contributed by atoms with Crippen molar-refractivity contribution in [2.75, 3.05) is 7.11 Å². The van der Waals surface area contributed by atoms with E-state index in [1.165, 1.54) is 0 Å². The van der Waals surface area contributed by atoms with Gasteiger partial charge in [0.15, 0.2) is 0 Å². The SMILES string of the molecule is COC(=O)C(CC1C[C@@H](F)[C@@H](F)C1)=NC(=O)OCc1ccccc1. The van der Waals surface area contributed by atoms with Crippen LogP contribution in [0.4, 0.5) is 13.6 Å². The van der Waals surface area contributed by atoms with Gasteiger partial charge in [-0.05, 0) is 24.3 Å². The van der Waals surface area contributed by atoms with Crippen molar-refractivity contribution in [3.05, 3.63) is 35.9 Å². The normalized spacial score (nSPS) is 23.8. The summed E-state index contributed by atoms with van der Waals surface area (Å²) in [5.41, 5.74) is 0.596. The van der Waals surface area contributed by atoms with Gasteiger partial charge in [0.05, 0.1) is 7.11 Å². The molecule has 0 heterocycles. The van der Waals surface area contributed by atoms with E-state index in [0.717, 1.165) is 12.7 Å². The molecule has 1 saturated carbocycles. The van der Waals surface area contributed by atoms with E-state index < -0.39 is 30.3 Å². The predicted molar refractivity (Wildman–Crippen MR) is 83.2 cm³/mol. The van der Waals surface area contributed by atoms with Crippen LogP contribution in [0.25, 0.3) is 0 Å². The number of ether oxygens (including phenoxy) is 2. The molecule has 0 radical (unpaired) electrons. The molecule has 1 fully saturated rings. The lowest BCUT2D eigenvalue weighted by Crippen LogP contribution is -2.21. The van der Waals surface area contributed by atoms with Crippen LogP contribution in [0.15, 0.2) is 35.3 Å². The Balaban J connectivity index is 1.97. The van der Waals surface area contributed by atoms with Crippen LogP contribution in [0, 0.1) is 5.92 Å². The van der Waals surface area contributed by atoms with Crippen molar-refractivity contribution < 1.29 is 27.8 Å². The van der Waals surface area contributed by atoms with E-state index in [1.54, 1.807) is 24.3 Å². The molecule has 0 bridgehead atoms. The molecule has 2 rings (SSSR count). The molecule has 1 aliphatic rings. The van der Waals surface area contributed by atoms with Crippen LogP contribution in [-0.2, 0) is 20.9 Å². The van der Waals surface area contributed by atoms with Crippen molar-refractivity contribution in [3.63, 3.8) is 0 Å². The highest BCUT2D eigenvalue weighted by Gasteiger charge is 2.36. The summed E-state index contributed by atoms with van der Waals surface area (Å²) in [6.07, 6.45) is -4.05. The van der Waals surface area contributed by atoms with E-state index in [2.05, 4.69) is 9.73 Å². The molecule has 0 N–H and O–H groups in total. The summed E-state index contributed by atoms with van der Waals surface area (Å²) in [6.45, 7) is 0.0141. The lowest BCUT2D eigenvalue weighted by Gasteiger charge is -2.10. The molecule has 1 aliphatic carbocycles. The maximum atomic E-state index is 13.2. The number of hydrogen-bond donors (Lipinski definition) is 0. The molecule has 3 atom stereocenters. The fourth-order valence-electron chi connectivity index (χ4n) is 2.62. The van der Waals surface area contributed by atoms with Gasteiger partial charge in [-0.1, -0.05) is 30.3 Å². The first-order chi connectivity index (χ1) is 11.5. The maximum absolute atomic E-state index is 13.2. The number of nitrogens with zero attached hydrogens (tertiary/aromatic N) is 1. The molecule has 130 valence electrons. The van der Waals surface area contributed by atoms with Crippen LogP contribution in [0.2, 0.25) is 0 Å². The summed E-state index contributed by atoms with van der Waals surface area (Å²) < 4.78 is 36.1. The van der Waals surface area contributed by atoms with E-state index in [1.807, 2.05) is 6.07 Å². The van der Waals surface area contributed by atoms with Gasteiger partial charge in [0.25, 0.3) is 0 Å². The van der Waals surface area contributed by atoms with Crippen molar-refractivity contribution in [3.8, 4) is 0 Å². The van der Waals surface area contributed by atoms with Gasteiger partial charge in [0.1, 0.15) is 24.7 Å².